The van der Waals surface area contributed by atoms with E-state index in [1.54, 1.807) is 25.1 Å². The SMILES string of the molecule is Cc1ccc(S(=O)(=O)NNC(=O)COc2ccc(Cl)cc2Cl)c(C)c1. The Balaban J connectivity index is 1.94. The van der Waals surface area contributed by atoms with E-state index in [1.165, 1.54) is 18.2 Å². The highest BCUT2D eigenvalue weighted by Crippen LogP contribution is 2.27. The number of hydrogen-bond donors (Lipinski definition) is 2. The van der Waals surface area contributed by atoms with Gasteiger partial charge in [0.25, 0.3) is 15.9 Å². The van der Waals surface area contributed by atoms with E-state index in [-0.39, 0.29) is 15.7 Å². The van der Waals surface area contributed by atoms with Crippen LogP contribution in [-0.4, -0.2) is 20.9 Å². The number of aryl methyl sites for hydroxylation is 2. The zero-order valence-electron chi connectivity index (χ0n) is 13.5. The van der Waals surface area contributed by atoms with E-state index in [2.05, 4.69) is 5.43 Å². The number of benzene rings is 2. The molecule has 25 heavy (non-hydrogen) atoms. The number of hydrogen-bond acceptors (Lipinski definition) is 4. The van der Waals surface area contributed by atoms with Gasteiger partial charge in [-0.2, -0.15) is 0 Å². The van der Waals surface area contributed by atoms with E-state index in [4.69, 9.17) is 27.9 Å². The molecule has 0 fully saturated rings. The van der Waals surface area contributed by atoms with Crippen molar-refractivity contribution < 1.29 is 17.9 Å². The number of ether oxygens (including phenoxy) is 1. The maximum absolute atomic E-state index is 12.2. The fraction of sp³-hybridized carbons (Fsp3) is 0.188. The Morgan fingerprint density at radius 3 is 2.48 bits per heavy atom. The second kappa shape index (κ2) is 8.05. The Morgan fingerprint density at radius 1 is 1.12 bits per heavy atom. The van der Waals surface area contributed by atoms with E-state index in [1.807, 2.05) is 11.8 Å². The van der Waals surface area contributed by atoms with Gasteiger partial charge in [-0.15, -0.1) is 4.83 Å². The molecule has 2 N–H and O–H groups in total. The van der Waals surface area contributed by atoms with Crippen molar-refractivity contribution in [3.63, 3.8) is 0 Å². The first-order valence-corrected chi connectivity index (χ1v) is 9.39. The molecule has 2 aromatic rings. The van der Waals surface area contributed by atoms with Crippen LogP contribution < -0.4 is 15.0 Å². The highest BCUT2D eigenvalue weighted by molar-refractivity contribution is 7.89. The minimum absolute atomic E-state index is 0.0834. The van der Waals surface area contributed by atoms with Crippen LogP contribution in [0.3, 0.4) is 0 Å². The third-order valence-corrected chi connectivity index (χ3v) is 5.14. The van der Waals surface area contributed by atoms with Crippen molar-refractivity contribution in [2.24, 2.45) is 0 Å². The maximum Gasteiger partial charge on any atom is 0.272 e. The highest BCUT2D eigenvalue weighted by Gasteiger charge is 2.17. The Labute approximate surface area is 156 Å². The number of halogens is 2. The van der Waals surface area contributed by atoms with Crippen molar-refractivity contribution in [3.8, 4) is 5.75 Å². The average Bonchev–Trinajstić information content (AvgIpc) is 2.52. The molecule has 0 unspecified atom stereocenters. The average molecular weight is 403 g/mol. The van der Waals surface area contributed by atoms with Crippen LogP contribution >= 0.6 is 23.2 Å². The topological polar surface area (TPSA) is 84.5 Å². The zero-order valence-corrected chi connectivity index (χ0v) is 15.8. The lowest BCUT2D eigenvalue weighted by Crippen LogP contribution is -2.43. The van der Waals surface area contributed by atoms with Gasteiger partial charge in [0.2, 0.25) is 0 Å². The number of sulfonamides is 1. The molecular formula is C16H16Cl2N2O4S. The number of amides is 1. The van der Waals surface area contributed by atoms with Gasteiger partial charge in [0, 0.05) is 5.02 Å². The molecule has 2 aromatic carbocycles. The van der Waals surface area contributed by atoms with Crippen molar-refractivity contribution in [2.45, 2.75) is 18.7 Å². The summed E-state index contributed by atoms with van der Waals surface area (Å²) >= 11 is 11.7. The Hall–Kier alpha value is -1.80. The van der Waals surface area contributed by atoms with E-state index in [0.29, 0.717) is 10.6 Å². The first-order chi connectivity index (χ1) is 11.7. The van der Waals surface area contributed by atoms with Crippen molar-refractivity contribution in [2.75, 3.05) is 6.61 Å². The van der Waals surface area contributed by atoms with Gasteiger partial charge in [0.15, 0.2) is 6.61 Å². The number of carbonyl (C=O) groups is 1. The van der Waals surface area contributed by atoms with Gasteiger partial charge in [-0.05, 0) is 43.7 Å². The Bertz CT molecular complexity index is 901. The zero-order chi connectivity index (χ0) is 18.6. The fourth-order valence-electron chi connectivity index (χ4n) is 2.05. The van der Waals surface area contributed by atoms with Crippen LogP contribution in [0.5, 0.6) is 5.75 Å². The van der Waals surface area contributed by atoms with Crippen molar-refractivity contribution in [1.82, 2.24) is 10.3 Å². The molecule has 0 heterocycles. The predicted octanol–water partition coefficient (Wildman–Crippen LogP) is 3.00. The third kappa shape index (κ3) is 5.34. The monoisotopic (exact) mass is 402 g/mol. The predicted molar refractivity (Wildman–Crippen MR) is 96.3 cm³/mol. The van der Waals surface area contributed by atoms with Crippen LogP contribution in [0.2, 0.25) is 10.0 Å². The summed E-state index contributed by atoms with van der Waals surface area (Å²) in [7, 11) is -3.88. The third-order valence-electron chi connectivity index (χ3n) is 3.20. The Morgan fingerprint density at radius 2 is 1.84 bits per heavy atom. The van der Waals surface area contributed by atoms with Gasteiger partial charge in [0.05, 0.1) is 9.92 Å². The molecule has 0 aromatic heterocycles. The minimum atomic E-state index is -3.88. The highest BCUT2D eigenvalue weighted by atomic mass is 35.5. The summed E-state index contributed by atoms with van der Waals surface area (Å²) in [6.07, 6.45) is 0. The minimum Gasteiger partial charge on any atom is -0.482 e. The molecule has 9 heteroatoms. The number of hydrazine groups is 1. The summed E-state index contributed by atoms with van der Waals surface area (Å²) in [5.74, 6) is -0.419. The second-order valence-corrected chi connectivity index (χ2v) is 7.78. The number of nitrogens with one attached hydrogen (secondary N) is 2. The Kier molecular flexibility index (Phi) is 6.29. The van der Waals surface area contributed by atoms with Gasteiger partial charge >= 0.3 is 0 Å². The first-order valence-electron chi connectivity index (χ1n) is 7.15. The van der Waals surface area contributed by atoms with Crippen molar-refractivity contribution in [1.29, 1.82) is 0 Å². The van der Waals surface area contributed by atoms with Gasteiger partial charge in [0.1, 0.15) is 5.75 Å². The molecule has 0 radical (unpaired) electrons. The molecule has 0 saturated carbocycles. The van der Waals surface area contributed by atoms with Crippen LogP contribution in [0, 0.1) is 13.8 Å². The molecule has 0 aliphatic carbocycles. The molecule has 6 nitrogen and oxygen atoms in total. The summed E-state index contributed by atoms with van der Waals surface area (Å²) in [5, 5.41) is 0.680. The molecule has 0 atom stereocenters. The van der Waals surface area contributed by atoms with Crippen LogP contribution in [0.25, 0.3) is 0 Å². The second-order valence-electron chi connectivity index (χ2n) is 5.29. The molecule has 134 valence electrons. The smallest absolute Gasteiger partial charge is 0.272 e. The van der Waals surface area contributed by atoms with Gasteiger partial charge < -0.3 is 4.74 Å². The standard InChI is InChI=1S/C16H16Cl2N2O4S/c1-10-3-6-15(11(2)7-10)25(22,23)20-19-16(21)9-24-14-5-4-12(17)8-13(14)18/h3-8,20H,9H2,1-2H3,(H,19,21). The quantitative estimate of drug-likeness (QED) is 0.727. The summed E-state index contributed by atoms with van der Waals surface area (Å²) in [6.45, 7) is 3.11. The fourth-order valence-corrected chi connectivity index (χ4v) is 3.60. The number of carbonyl (C=O) groups excluding carboxylic acids is 1. The van der Waals surface area contributed by atoms with E-state index in [0.717, 1.165) is 5.56 Å². The molecule has 0 saturated heterocycles. The van der Waals surface area contributed by atoms with Gasteiger partial charge in [-0.3, -0.25) is 10.2 Å². The normalized spacial score (nSPS) is 11.2. The first kappa shape index (κ1) is 19.5. The van der Waals surface area contributed by atoms with Gasteiger partial charge in [-0.25, -0.2) is 8.42 Å². The molecule has 0 spiro atoms. The van der Waals surface area contributed by atoms with Crippen LogP contribution in [0.4, 0.5) is 0 Å². The van der Waals surface area contributed by atoms with E-state index < -0.39 is 22.5 Å². The van der Waals surface area contributed by atoms with Crippen LogP contribution in [0.15, 0.2) is 41.3 Å². The lowest BCUT2D eigenvalue weighted by atomic mass is 10.2. The molecule has 2 rings (SSSR count). The maximum atomic E-state index is 12.2. The van der Waals surface area contributed by atoms with E-state index in [9.17, 15) is 13.2 Å². The van der Waals surface area contributed by atoms with E-state index >= 15 is 0 Å². The molecule has 0 aliphatic rings. The molecule has 0 aliphatic heterocycles. The molecule has 1 amide bonds. The summed E-state index contributed by atoms with van der Waals surface area (Å²) in [6, 6.07) is 9.43. The lowest BCUT2D eigenvalue weighted by Gasteiger charge is -2.12. The van der Waals surface area contributed by atoms with Crippen LogP contribution in [0.1, 0.15) is 11.1 Å². The molecular weight excluding hydrogens is 387 g/mol. The molecule has 0 bridgehead atoms. The van der Waals surface area contributed by atoms with Crippen LogP contribution in [-0.2, 0) is 14.8 Å². The van der Waals surface area contributed by atoms with Crippen molar-refractivity contribution in [3.05, 3.63) is 57.6 Å². The summed E-state index contributed by atoms with van der Waals surface area (Å²) < 4.78 is 29.7. The lowest BCUT2D eigenvalue weighted by molar-refractivity contribution is -0.123. The summed E-state index contributed by atoms with van der Waals surface area (Å²) in [5.41, 5.74) is 3.61. The summed E-state index contributed by atoms with van der Waals surface area (Å²) in [4.78, 5) is 13.9. The largest absolute Gasteiger partial charge is 0.482 e. The van der Waals surface area contributed by atoms with Gasteiger partial charge in [-0.1, -0.05) is 40.9 Å². The van der Waals surface area contributed by atoms with Crippen molar-refractivity contribution >= 4 is 39.1 Å². The number of rotatable bonds is 6.